The SMILES string of the molecule is CNC(=S)C1(c2cccnc2)CCCC=C1NOCC(=O)OC. The Morgan fingerprint density at radius 2 is 2.35 bits per heavy atom. The lowest BCUT2D eigenvalue weighted by Gasteiger charge is -2.39. The number of likely N-dealkylation sites (N-methyl/N-ethyl adjacent to an activating group) is 1. The Hall–Kier alpha value is -1.99. The van der Waals surface area contributed by atoms with E-state index in [0.717, 1.165) is 30.5 Å². The van der Waals surface area contributed by atoms with Gasteiger partial charge in [0.2, 0.25) is 0 Å². The highest BCUT2D eigenvalue weighted by atomic mass is 32.1. The number of methoxy groups -OCH3 is 1. The Morgan fingerprint density at radius 1 is 1.52 bits per heavy atom. The van der Waals surface area contributed by atoms with Crippen LogP contribution in [0.25, 0.3) is 0 Å². The second kappa shape index (κ2) is 8.03. The first-order valence-electron chi connectivity index (χ1n) is 7.43. The molecule has 0 aromatic carbocycles. The van der Waals surface area contributed by atoms with E-state index in [1.165, 1.54) is 7.11 Å². The molecule has 2 rings (SSSR count). The molecular weight excluding hydrogens is 314 g/mol. The first-order chi connectivity index (χ1) is 11.1. The summed E-state index contributed by atoms with van der Waals surface area (Å²) in [6.45, 7) is -0.177. The highest BCUT2D eigenvalue weighted by molar-refractivity contribution is 7.80. The lowest BCUT2D eigenvalue weighted by Crippen LogP contribution is -2.48. The number of hydrogen-bond donors (Lipinski definition) is 2. The highest BCUT2D eigenvalue weighted by Crippen LogP contribution is 2.40. The molecule has 0 amide bonds. The molecule has 1 aliphatic rings. The average Bonchev–Trinajstić information content (AvgIpc) is 2.62. The average molecular weight is 335 g/mol. The van der Waals surface area contributed by atoms with E-state index in [1.54, 1.807) is 6.20 Å². The molecule has 1 atom stereocenters. The van der Waals surface area contributed by atoms with Crippen LogP contribution in [0.3, 0.4) is 0 Å². The van der Waals surface area contributed by atoms with Gasteiger partial charge in [0.05, 0.1) is 23.2 Å². The summed E-state index contributed by atoms with van der Waals surface area (Å²) in [6, 6.07) is 3.88. The number of rotatable bonds is 6. The van der Waals surface area contributed by atoms with Crippen LogP contribution in [0.15, 0.2) is 36.3 Å². The van der Waals surface area contributed by atoms with Gasteiger partial charge >= 0.3 is 5.97 Å². The zero-order valence-electron chi connectivity index (χ0n) is 13.3. The summed E-state index contributed by atoms with van der Waals surface area (Å²) in [7, 11) is 3.13. The van der Waals surface area contributed by atoms with Crippen molar-refractivity contribution in [1.82, 2.24) is 15.8 Å². The fraction of sp³-hybridized carbons (Fsp3) is 0.438. The maximum atomic E-state index is 11.2. The van der Waals surface area contributed by atoms with Crippen molar-refractivity contribution in [2.45, 2.75) is 24.7 Å². The lowest BCUT2D eigenvalue weighted by atomic mass is 9.71. The summed E-state index contributed by atoms with van der Waals surface area (Å²) in [4.78, 5) is 21.4. The van der Waals surface area contributed by atoms with Gasteiger partial charge in [-0.15, -0.1) is 0 Å². The predicted octanol–water partition coefficient (Wildman–Crippen LogP) is 1.63. The topological polar surface area (TPSA) is 72.5 Å². The van der Waals surface area contributed by atoms with Gasteiger partial charge in [0.15, 0.2) is 6.61 Å². The third-order valence-electron chi connectivity index (χ3n) is 3.93. The number of ether oxygens (including phenoxy) is 1. The molecule has 7 heteroatoms. The summed E-state index contributed by atoms with van der Waals surface area (Å²) < 4.78 is 4.57. The molecule has 0 radical (unpaired) electrons. The van der Waals surface area contributed by atoms with E-state index in [4.69, 9.17) is 17.1 Å². The van der Waals surface area contributed by atoms with Crippen molar-refractivity contribution in [2.75, 3.05) is 20.8 Å². The van der Waals surface area contributed by atoms with Crippen molar-refractivity contribution < 1.29 is 14.4 Å². The maximum Gasteiger partial charge on any atom is 0.334 e. The van der Waals surface area contributed by atoms with E-state index in [0.29, 0.717) is 4.99 Å². The molecule has 0 fully saturated rings. The van der Waals surface area contributed by atoms with E-state index in [2.05, 4.69) is 26.6 Å². The van der Waals surface area contributed by atoms with Crippen LogP contribution in [0.5, 0.6) is 0 Å². The number of nitrogens with zero attached hydrogens (tertiary/aromatic N) is 1. The molecule has 0 bridgehead atoms. The quantitative estimate of drug-likeness (QED) is 0.465. The van der Waals surface area contributed by atoms with Gasteiger partial charge in [-0.2, -0.15) is 0 Å². The molecule has 1 aromatic heterocycles. The number of aromatic nitrogens is 1. The van der Waals surface area contributed by atoms with Crippen molar-refractivity contribution in [2.24, 2.45) is 0 Å². The van der Waals surface area contributed by atoms with Crippen LogP contribution in [0.4, 0.5) is 0 Å². The lowest BCUT2D eigenvalue weighted by molar-refractivity contribution is -0.148. The van der Waals surface area contributed by atoms with Crippen LogP contribution >= 0.6 is 12.2 Å². The Bertz CT molecular complexity index is 591. The van der Waals surface area contributed by atoms with Crippen LogP contribution in [0.2, 0.25) is 0 Å². The van der Waals surface area contributed by atoms with Crippen molar-refractivity contribution in [3.05, 3.63) is 41.9 Å². The Morgan fingerprint density at radius 3 is 3.00 bits per heavy atom. The van der Waals surface area contributed by atoms with Gasteiger partial charge in [0.1, 0.15) is 0 Å². The largest absolute Gasteiger partial charge is 0.467 e. The minimum absolute atomic E-state index is 0.177. The maximum absolute atomic E-state index is 11.2. The Kier molecular flexibility index (Phi) is 6.06. The van der Waals surface area contributed by atoms with Crippen molar-refractivity contribution in [3.8, 4) is 0 Å². The van der Waals surface area contributed by atoms with Gasteiger partial charge in [-0.1, -0.05) is 24.4 Å². The smallest absolute Gasteiger partial charge is 0.334 e. The number of hydrogen-bond acceptors (Lipinski definition) is 6. The zero-order chi connectivity index (χ0) is 16.7. The molecule has 0 spiro atoms. The number of esters is 1. The van der Waals surface area contributed by atoms with Crippen LogP contribution in [-0.2, 0) is 19.8 Å². The van der Waals surface area contributed by atoms with Crippen LogP contribution in [0, 0.1) is 0 Å². The minimum Gasteiger partial charge on any atom is -0.467 e. The highest BCUT2D eigenvalue weighted by Gasteiger charge is 2.42. The van der Waals surface area contributed by atoms with Crippen molar-refractivity contribution in [3.63, 3.8) is 0 Å². The number of pyridine rings is 1. The van der Waals surface area contributed by atoms with Crippen LogP contribution < -0.4 is 10.8 Å². The fourth-order valence-electron chi connectivity index (χ4n) is 2.78. The third-order valence-corrected chi connectivity index (χ3v) is 4.49. The normalized spacial score (nSPS) is 20.3. The second-order valence-corrected chi connectivity index (χ2v) is 5.61. The van der Waals surface area contributed by atoms with Gasteiger partial charge in [0, 0.05) is 19.4 Å². The molecule has 124 valence electrons. The Labute approximate surface area is 141 Å². The van der Waals surface area contributed by atoms with E-state index >= 15 is 0 Å². The summed E-state index contributed by atoms with van der Waals surface area (Å²) in [5.41, 5.74) is 4.17. The standard InChI is InChI=1S/C16H21N3O3S/c1-17-15(23)16(12-6-5-9-18-10-12)8-4-3-7-13(16)19-22-11-14(20)21-2/h5-7,9-10,19H,3-4,8,11H2,1-2H3,(H,17,23). The number of carbonyl (C=O) groups is 1. The molecule has 1 aliphatic carbocycles. The summed E-state index contributed by atoms with van der Waals surface area (Å²) in [6.07, 6.45) is 8.34. The van der Waals surface area contributed by atoms with Crippen molar-refractivity contribution >= 4 is 23.2 Å². The second-order valence-electron chi connectivity index (χ2n) is 5.20. The number of hydroxylamine groups is 1. The monoisotopic (exact) mass is 335 g/mol. The Balaban J connectivity index is 2.31. The third kappa shape index (κ3) is 3.68. The number of nitrogens with one attached hydrogen (secondary N) is 2. The summed E-state index contributed by atoms with van der Waals surface area (Å²) in [5.74, 6) is -0.447. The minimum atomic E-state index is -0.535. The molecule has 0 saturated heterocycles. The molecule has 2 N–H and O–H groups in total. The molecule has 23 heavy (non-hydrogen) atoms. The summed E-state index contributed by atoms with van der Waals surface area (Å²) >= 11 is 5.60. The van der Waals surface area contributed by atoms with Gasteiger partial charge < -0.3 is 10.1 Å². The molecule has 6 nitrogen and oxygen atoms in total. The van der Waals surface area contributed by atoms with E-state index < -0.39 is 11.4 Å². The number of thiocarbonyl (C=S) groups is 1. The van der Waals surface area contributed by atoms with E-state index in [9.17, 15) is 4.79 Å². The van der Waals surface area contributed by atoms with Gasteiger partial charge in [-0.05, 0) is 30.9 Å². The van der Waals surface area contributed by atoms with Crippen LogP contribution in [-0.4, -0.2) is 36.7 Å². The van der Waals surface area contributed by atoms with Crippen LogP contribution in [0.1, 0.15) is 24.8 Å². The first kappa shape index (κ1) is 17.4. The molecule has 1 aromatic rings. The first-order valence-corrected chi connectivity index (χ1v) is 7.84. The molecule has 1 heterocycles. The molecular formula is C16H21N3O3S. The zero-order valence-corrected chi connectivity index (χ0v) is 14.1. The van der Waals surface area contributed by atoms with Gasteiger partial charge in [0.25, 0.3) is 0 Å². The van der Waals surface area contributed by atoms with Crippen molar-refractivity contribution in [1.29, 1.82) is 0 Å². The molecule has 0 saturated carbocycles. The van der Waals surface area contributed by atoms with E-state index in [1.807, 2.05) is 25.4 Å². The van der Waals surface area contributed by atoms with Gasteiger partial charge in [-0.25, -0.2) is 4.79 Å². The summed E-state index contributed by atoms with van der Waals surface area (Å²) in [5, 5.41) is 3.09. The molecule has 1 unspecified atom stereocenters. The number of allylic oxidation sites excluding steroid dienone is 1. The molecule has 0 aliphatic heterocycles. The van der Waals surface area contributed by atoms with E-state index in [-0.39, 0.29) is 6.61 Å². The van der Waals surface area contributed by atoms with Gasteiger partial charge in [-0.3, -0.25) is 15.3 Å². The fourth-order valence-corrected chi connectivity index (χ4v) is 3.11. The predicted molar refractivity (Wildman–Crippen MR) is 90.6 cm³/mol. The number of carbonyl (C=O) groups excluding carboxylic acids is 1.